The lowest BCUT2D eigenvalue weighted by atomic mass is 10.2. The average molecular weight is 309 g/mol. The van der Waals surface area contributed by atoms with E-state index < -0.39 is 0 Å². The van der Waals surface area contributed by atoms with Crippen LogP contribution in [0.25, 0.3) is 16.7 Å². The van der Waals surface area contributed by atoms with Crippen molar-refractivity contribution < 1.29 is 4.39 Å². The SMILES string of the molecule is Cc1ccc(Cl)c(-n2c(CCl)nc3cc(F)ccc32)c1. The largest absolute Gasteiger partial charge is 0.294 e. The molecule has 0 aliphatic heterocycles. The van der Waals surface area contributed by atoms with Gasteiger partial charge in [-0.05, 0) is 36.8 Å². The number of imidazole rings is 1. The molecule has 0 aliphatic carbocycles. The molecule has 1 aromatic heterocycles. The molecule has 0 spiro atoms. The van der Waals surface area contributed by atoms with Crippen LogP contribution in [-0.4, -0.2) is 9.55 Å². The molecule has 2 aromatic carbocycles. The summed E-state index contributed by atoms with van der Waals surface area (Å²) in [5.41, 5.74) is 3.23. The standard InChI is InChI=1S/C15H11Cl2FN2/c1-9-2-4-11(17)14(6-9)20-13-5-3-10(18)7-12(13)19-15(20)8-16/h2-7H,8H2,1H3. The highest BCUT2D eigenvalue weighted by atomic mass is 35.5. The van der Waals surface area contributed by atoms with Gasteiger partial charge < -0.3 is 0 Å². The maximum atomic E-state index is 13.3. The lowest BCUT2D eigenvalue weighted by Gasteiger charge is -2.10. The summed E-state index contributed by atoms with van der Waals surface area (Å²) in [6, 6.07) is 10.2. The van der Waals surface area contributed by atoms with E-state index in [2.05, 4.69) is 4.98 Å². The monoisotopic (exact) mass is 308 g/mol. The highest BCUT2D eigenvalue weighted by molar-refractivity contribution is 6.32. The number of halogens is 3. The van der Waals surface area contributed by atoms with Crippen LogP contribution in [0, 0.1) is 12.7 Å². The van der Waals surface area contributed by atoms with Crippen molar-refractivity contribution in [2.24, 2.45) is 0 Å². The predicted molar refractivity (Wildman–Crippen MR) is 80.3 cm³/mol. The molecule has 0 unspecified atom stereocenters. The fraction of sp³-hybridized carbons (Fsp3) is 0.133. The van der Waals surface area contributed by atoms with Gasteiger partial charge in [-0.25, -0.2) is 9.37 Å². The van der Waals surface area contributed by atoms with Gasteiger partial charge in [-0.2, -0.15) is 0 Å². The van der Waals surface area contributed by atoms with Crippen molar-refractivity contribution >= 4 is 34.2 Å². The van der Waals surface area contributed by atoms with Crippen molar-refractivity contribution in [2.75, 3.05) is 0 Å². The molecule has 0 saturated carbocycles. The Morgan fingerprint density at radius 3 is 2.75 bits per heavy atom. The molecule has 20 heavy (non-hydrogen) atoms. The smallest absolute Gasteiger partial charge is 0.129 e. The second-order valence-corrected chi connectivity index (χ2v) is 5.26. The van der Waals surface area contributed by atoms with E-state index >= 15 is 0 Å². The highest BCUT2D eigenvalue weighted by Gasteiger charge is 2.14. The fourth-order valence-electron chi connectivity index (χ4n) is 2.26. The summed E-state index contributed by atoms with van der Waals surface area (Å²) in [5.74, 6) is 0.541. The van der Waals surface area contributed by atoms with E-state index in [9.17, 15) is 4.39 Å². The van der Waals surface area contributed by atoms with E-state index in [0.717, 1.165) is 16.8 Å². The van der Waals surface area contributed by atoms with E-state index in [1.54, 1.807) is 6.07 Å². The van der Waals surface area contributed by atoms with Crippen LogP contribution >= 0.6 is 23.2 Å². The third kappa shape index (κ3) is 2.17. The summed E-state index contributed by atoms with van der Waals surface area (Å²) in [4.78, 5) is 4.37. The van der Waals surface area contributed by atoms with Crippen LogP contribution in [0.15, 0.2) is 36.4 Å². The Hall–Kier alpha value is -1.58. The number of fused-ring (bicyclic) bond motifs is 1. The summed E-state index contributed by atoms with van der Waals surface area (Å²) >= 11 is 12.2. The zero-order chi connectivity index (χ0) is 14.3. The first-order valence-corrected chi connectivity index (χ1v) is 7.01. The van der Waals surface area contributed by atoms with Gasteiger partial charge in [0.05, 0.1) is 27.6 Å². The van der Waals surface area contributed by atoms with Gasteiger partial charge in [-0.3, -0.25) is 4.57 Å². The number of nitrogens with zero attached hydrogens (tertiary/aromatic N) is 2. The second kappa shape index (κ2) is 5.08. The minimum Gasteiger partial charge on any atom is -0.294 e. The molecule has 0 radical (unpaired) electrons. The average Bonchev–Trinajstić information content (AvgIpc) is 2.78. The first-order valence-electron chi connectivity index (χ1n) is 6.09. The molecular weight excluding hydrogens is 298 g/mol. The molecule has 0 fully saturated rings. The summed E-state index contributed by atoms with van der Waals surface area (Å²) in [7, 11) is 0. The van der Waals surface area contributed by atoms with Crippen LogP contribution in [0.1, 0.15) is 11.4 Å². The van der Waals surface area contributed by atoms with Crippen molar-refractivity contribution in [1.29, 1.82) is 0 Å². The quantitative estimate of drug-likeness (QED) is 0.618. The Kier molecular flexibility index (Phi) is 3.40. The Morgan fingerprint density at radius 2 is 2.00 bits per heavy atom. The predicted octanol–water partition coefficient (Wildman–Crippen LogP) is 4.87. The number of hydrogen-bond donors (Lipinski definition) is 0. The Bertz CT molecular complexity index is 796. The van der Waals surface area contributed by atoms with Crippen LogP contribution in [0.5, 0.6) is 0 Å². The molecule has 0 saturated heterocycles. The van der Waals surface area contributed by atoms with Crippen molar-refractivity contribution in [1.82, 2.24) is 9.55 Å². The first kappa shape index (κ1) is 13.4. The van der Waals surface area contributed by atoms with Crippen LogP contribution in [-0.2, 0) is 5.88 Å². The topological polar surface area (TPSA) is 17.8 Å². The van der Waals surface area contributed by atoms with Crippen LogP contribution in [0.2, 0.25) is 5.02 Å². The maximum absolute atomic E-state index is 13.3. The first-order chi connectivity index (χ1) is 9.60. The van der Waals surface area contributed by atoms with Gasteiger partial charge in [0, 0.05) is 6.07 Å². The molecule has 0 bridgehead atoms. The van der Waals surface area contributed by atoms with E-state index in [4.69, 9.17) is 23.2 Å². The van der Waals surface area contributed by atoms with E-state index in [0.29, 0.717) is 16.4 Å². The number of aryl methyl sites for hydroxylation is 1. The van der Waals surface area contributed by atoms with Gasteiger partial charge in [-0.15, -0.1) is 11.6 Å². The Balaban J connectivity index is 2.37. The summed E-state index contributed by atoms with van der Waals surface area (Å²) in [6.07, 6.45) is 0. The van der Waals surface area contributed by atoms with Gasteiger partial charge in [0.15, 0.2) is 0 Å². The molecule has 2 nitrogen and oxygen atoms in total. The molecule has 3 rings (SSSR count). The molecule has 0 aliphatic rings. The van der Waals surface area contributed by atoms with E-state index in [-0.39, 0.29) is 11.7 Å². The fourth-order valence-corrected chi connectivity index (χ4v) is 2.64. The molecule has 102 valence electrons. The molecule has 5 heteroatoms. The molecule has 0 amide bonds. The van der Waals surface area contributed by atoms with Gasteiger partial charge in [0.25, 0.3) is 0 Å². The zero-order valence-corrected chi connectivity index (χ0v) is 12.2. The van der Waals surface area contributed by atoms with E-state index in [1.807, 2.05) is 29.7 Å². The summed E-state index contributed by atoms with van der Waals surface area (Å²) < 4.78 is 15.2. The van der Waals surface area contributed by atoms with Crippen LogP contribution in [0.4, 0.5) is 4.39 Å². The molecular formula is C15H11Cl2FN2. The number of benzene rings is 2. The van der Waals surface area contributed by atoms with Crippen LogP contribution in [0.3, 0.4) is 0 Å². The maximum Gasteiger partial charge on any atom is 0.129 e. The lowest BCUT2D eigenvalue weighted by Crippen LogP contribution is -2.00. The van der Waals surface area contributed by atoms with Crippen LogP contribution < -0.4 is 0 Å². The summed E-state index contributed by atoms with van der Waals surface area (Å²) in [6.45, 7) is 1.99. The van der Waals surface area contributed by atoms with Gasteiger partial charge in [-0.1, -0.05) is 17.7 Å². The Labute approximate surface area is 125 Å². The molecule has 1 heterocycles. The third-order valence-electron chi connectivity index (χ3n) is 3.15. The normalized spacial score (nSPS) is 11.2. The number of alkyl halides is 1. The van der Waals surface area contributed by atoms with Crippen molar-refractivity contribution in [3.63, 3.8) is 0 Å². The van der Waals surface area contributed by atoms with Crippen molar-refractivity contribution in [2.45, 2.75) is 12.8 Å². The minimum absolute atomic E-state index is 0.223. The lowest BCUT2D eigenvalue weighted by molar-refractivity contribution is 0.629. The van der Waals surface area contributed by atoms with Gasteiger partial charge in [0.1, 0.15) is 11.6 Å². The van der Waals surface area contributed by atoms with Gasteiger partial charge in [0.2, 0.25) is 0 Å². The number of hydrogen-bond acceptors (Lipinski definition) is 1. The zero-order valence-electron chi connectivity index (χ0n) is 10.7. The van der Waals surface area contributed by atoms with Crippen molar-refractivity contribution in [3.05, 3.63) is 58.6 Å². The second-order valence-electron chi connectivity index (χ2n) is 4.58. The highest BCUT2D eigenvalue weighted by Crippen LogP contribution is 2.28. The molecule has 3 aromatic rings. The van der Waals surface area contributed by atoms with Crippen molar-refractivity contribution in [3.8, 4) is 5.69 Å². The molecule has 0 atom stereocenters. The minimum atomic E-state index is -0.321. The Morgan fingerprint density at radius 1 is 1.20 bits per heavy atom. The number of rotatable bonds is 2. The third-order valence-corrected chi connectivity index (χ3v) is 3.71. The van der Waals surface area contributed by atoms with Gasteiger partial charge >= 0.3 is 0 Å². The summed E-state index contributed by atoms with van der Waals surface area (Å²) in [5, 5.41) is 0.602. The van der Waals surface area contributed by atoms with E-state index in [1.165, 1.54) is 12.1 Å². The molecule has 0 N–H and O–H groups in total. The number of aromatic nitrogens is 2.